The van der Waals surface area contributed by atoms with Crippen LogP contribution in [0, 0.1) is 10.1 Å². The molecule has 152 valence electrons. The number of nitro benzene ring substituents is 1. The minimum Gasteiger partial charge on any atom is -0.393 e. The minimum absolute atomic E-state index is 0.00721. The molecule has 2 amide bonds. The van der Waals surface area contributed by atoms with Crippen LogP contribution in [0.4, 0.5) is 11.4 Å². The van der Waals surface area contributed by atoms with Crippen molar-refractivity contribution in [2.75, 3.05) is 18.8 Å². The Morgan fingerprint density at radius 3 is 2.48 bits per heavy atom. The van der Waals surface area contributed by atoms with E-state index in [1.54, 1.807) is 4.90 Å². The molecule has 0 radical (unpaired) electrons. The molecular weight excluding hydrogens is 372 g/mol. The van der Waals surface area contributed by atoms with Gasteiger partial charge in [-0.3, -0.25) is 19.7 Å². The topological polar surface area (TPSA) is 119 Å². The second-order valence-corrected chi connectivity index (χ2v) is 7.15. The summed E-state index contributed by atoms with van der Waals surface area (Å²) < 4.78 is 0. The number of piperidine rings is 1. The first kappa shape index (κ1) is 20.3. The van der Waals surface area contributed by atoms with Crippen LogP contribution in [0.15, 0.2) is 48.5 Å². The molecule has 2 aromatic rings. The van der Waals surface area contributed by atoms with Crippen LogP contribution in [0.3, 0.4) is 0 Å². The summed E-state index contributed by atoms with van der Waals surface area (Å²) in [7, 11) is 0. The van der Waals surface area contributed by atoms with Gasteiger partial charge in [0, 0.05) is 37.2 Å². The van der Waals surface area contributed by atoms with Crippen LogP contribution in [0.2, 0.25) is 0 Å². The molecule has 8 nitrogen and oxygen atoms in total. The van der Waals surface area contributed by atoms with Gasteiger partial charge in [0.1, 0.15) is 5.69 Å². The third-order valence-electron chi connectivity index (χ3n) is 5.10. The first-order valence-electron chi connectivity index (χ1n) is 9.60. The van der Waals surface area contributed by atoms with Crippen molar-refractivity contribution >= 4 is 23.2 Å². The molecule has 1 fully saturated rings. The predicted octanol–water partition coefficient (Wildman–Crippen LogP) is 2.53. The average Bonchev–Trinajstić information content (AvgIpc) is 2.73. The summed E-state index contributed by atoms with van der Waals surface area (Å²) in [6.45, 7) is 0.973. The third kappa shape index (κ3) is 5.31. The summed E-state index contributed by atoms with van der Waals surface area (Å²) in [4.78, 5) is 36.9. The van der Waals surface area contributed by atoms with Crippen molar-refractivity contribution in [3.8, 4) is 0 Å². The predicted molar refractivity (Wildman–Crippen MR) is 109 cm³/mol. The summed E-state index contributed by atoms with van der Waals surface area (Å²) >= 11 is 0. The molecular formula is C21H24N4O4. The number of nitrogens with zero attached hydrogens (tertiary/aromatic N) is 2. The van der Waals surface area contributed by atoms with Crippen molar-refractivity contribution in [3.05, 3.63) is 69.8 Å². The highest BCUT2D eigenvalue weighted by molar-refractivity contribution is 5.95. The average molecular weight is 396 g/mol. The molecule has 0 atom stereocenters. The Labute approximate surface area is 168 Å². The summed E-state index contributed by atoms with van der Waals surface area (Å²) in [5.74, 6) is -0.255. The lowest BCUT2D eigenvalue weighted by Gasteiger charge is -2.32. The van der Waals surface area contributed by atoms with Crippen molar-refractivity contribution in [1.29, 1.82) is 0 Å². The highest BCUT2D eigenvalue weighted by atomic mass is 16.6. The van der Waals surface area contributed by atoms with E-state index in [-0.39, 0.29) is 34.8 Å². The Kier molecular flexibility index (Phi) is 6.43. The van der Waals surface area contributed by atoms with Crippen molar-refractivity contribution in [2.24, 2.45) is 0 Å². The van der Waals surface area contributed by atoms with Gasteiger partial charge in [-0.25, -0.2) is 0 Å². The normalized spacial score (nSPS) is 14.4. The SMILES string of the molecule is Nc1ccc(C(=O)N2CCC(NC(=O)CCc3ccccc3)CC2)cc1[N+](=O)[O-]. The van der Waals surface area contributed by atoms with E-state index >= 15 is 0 Å². The van der Waals surface area contributed by atoms with E-state index in [1.165, 1.54) is 18.2 Å². The molecule has 0 spiro atoms. The van der Waals surface area contributed by atoms with Crippen LogP contribution in [-0.2, 0) is 11.2 Å². The lowest BCUT2D eigenvalue weighted by molar-refractivity contribution is -0.383. The fourth-order valence-corrected chi connectivity index (χ4v) is 3.45. The number of anilines is 1. The van der Waals surface area contributed by atoms with Gasteiger partial charge in [-0.2, -0.15) is 0 Å². The fraction of sp³-hybridized carbons (Fsp3) is 0.333. The van der Waals surface area contributed by atoms with Crippen LogP contribution in [0.5, 0.6) is 0 Å². The van der Waals surface area contributed by atoms with E-state index in [1.807, 2.05) is 30.3 Å². The molecule has 0 saturated carbocycles. The number of nitrogen functional groups attached to an aromatic ring is 1. The maximum absolute atomic E-state index is 12.6. The second-order valence-electron chi connectivity index (χ2n) is 7.15. The molecule has 2 aromatic carbocycles. The lowest BCUT2D eigenvalue weighted by Crippen LogP contribution is -2.46. The Morgan fingerprint density at radius 2 is 1.83 bits per heavy atom. The summed E-state index contributed by atoms with van der Waals surface area (Å²) in [5.41, 5.74) is 6.72. The number of benzene rings is 2. The Bertz CT molecular complexity index is 893. The van der Waals surface area contributed by atoms with E-state index in [0.717, 1.165) is 5.56 Å². The number of carbonyl (C=O) groups excluding carboxylic acids is 2. The first-order chi connectivity index (χ1) is 13.9. The molecule has 0 bridgehead atoms. The molecule has 1 aliphatic rings. The number of carbonyl (C=O) groups is 2. The van der Waals surface area contributed by atoms with Crippen LogP contribution in [0.1, 0.15) is 35.2 Å². The lowest BCUT2D eigenvalue weighted by atomic mass is 10.0. The first-order valence-corrected chi connectivity index (χ1v) is 9.60. The Morgan fingerprint density at radius 1 is 1.14 bits per heavy atom. The van der Waals surface area contributed by atoms with Crippen LogP contribution >= 0.6 is 0 Å². The van der Waals surface area contributed by atoms with Crippen LogP contribution in [0.25, 0.3) is 0 Å². The highest BCUT2D eigenvalue weighted by Crippen LogP contribution is 2.24. The molecule has 1 saturated heterocycles. The van der Waals surface area contributed by atoms with Crippen molar-refractivity contribution < 1.29 is 14.5 Å². The molecule has 0 unspecified atom stereocenters. The van der Waals surface area contributed by atoms with Gasteiger partial charge in [0.05, 0.1) is 4.92 Å². The van der Waals surface area contributed by atoms with Crippen LogP contribution < -0.4 is 11.1 Å². The molecule has 8 heteroatoms. The molecule has 1 aliphatic heterocycles. The highest BCUT2D eigenvalue weighted by Gasteiger charge is 2.26. The van der Waals surface area contributed by atoms with Crippen molar-refractivity contribution in [1.82, 2.24) is 10.2 Å². The van der Waals surface area contributed by atoms with E-state index in [0.29, 0.717) is 38.8 Å². The quantitative estimate of drug-likeness (QED) is 0.442. The minimum atomic E-state index is -0.594. The molecule has 29 heavy (non-hydrogen) atoms. The van der Waals surface area contributed by atoms with E-state index in [2.05, 4.69) is 5.32 Å². The number of nitrogens with two attached hydrogens (primary N) is 1. The third-order valence-corrected chi connectivity index (χ3v) is 5.10. The zero-order valence-corrected chi connectivity index (χ0v) is 16.0. The summed E-state index contributed by atoms with van der Waals surface area (Å²) in [5, 5.41) is 14.1. The summed E-state index contributed by atoms with van der Waals surface area (Å²) in [6, 6.07) is 14.0. The zero-order valence-electron chi connectivity index (χ0n) is 16.0. The number of amides is 2. The summed E-state index contributed by atoms with van der Waals surface area (Å²) in [6.07, 6.45) is 2.43. The monoisotopic (exact) mass is 396 g/mol. The number of hydrogen-bond donors (Lipinski definition) is 2. The largest absolute Gasteiger partial charge is 0.393 e. The molecule has 1 heterocycles. The van der Waals surface area contributed by atoms with E-state index < -0.39 is 4.92 Å². The zero-order chi connectivity index (χ0) is 20.8. The molecule has 3 rings (SSSR count). The van der Waals surface area contributed by atoms with Gasteiger partial charge in [0.25, 0.3) is 11.6 Å². The fourth-order valence-electron chi connectivity index (χ4n) is 3.45. The van der Waals surface area contributed by atoms with E-state index in [9.17, 15) is 19.7 Å². The number of nitrogens with one attached hydrogen (secondary N) is 1. The van der Waals surface area contributed by atoms with Crippen molar-refractivity contribution in [3.63, 3.8) is 0 Å². The molecule has 0 aliphatic carbocycles. The van der Waals surface area contributed by atoms with Crippen molar-refractivity contribution in [2.45, 2.75) is 31.7 Å². The van der Waals surface area contributed by atoms with Gasteiger partial charge in [-0.1, -0.05) is 30.3 Å². The Hall–Kier alpha value is -3.42. The van der Waals surface area contributed by atoms with Gasteiger partial charge in [0.15, 0.2) is 0 Å². The number of rotatable bonds is 6. The smallest absolute Gasteiger partial charge is 0.292 e. The van der Waals surface area contributed by atoms with Gasteiger partial charge >= 0.3 is 0 Å². The second kappa shape index (κ2) is 9.18. The maximum Gasteiger partial charge on any atom is 0.292 e. The van der Waals surface area contributed by atoms with Gasteiger partial charge in [-0.15, -0.1) is 0 Å². The van der Waals surface area contributed by atoms with E-state index in [4.69, 9.17) is 5.73 Å². The Balaban J connectivity index is 1.48. The molecule has 0 aromatic heterocycles. The van der Waals surface area contributed by atoms with Gasteiger partial charge in [-0.05, 0) is 37.0 Å². The number of aryl methyl sites for hydroxylation is 1. The number of hydrogen-bond acceptors (Lipinski definition) is 5. The number of likely N-dealkylation sites (tertiary alicyclic amines) is 1. The standard InChI is InChI=1S/C21H24N4O4/c22-18-8-7-16(14-19(18)25(28)29)21(27)24-12-10-17(11-13-24)23-20(26)9-6-15-4-2-1-3-5-15/h1-5,7-8,14,17H,6,9-13,22H2,(H,23,26). The maximum atomic E-state index is 12.6. The molecule has 3 N–H and O–H groups in total. The van der Waals surface area contributed by atoms with Gasteiger partial charge in [0.2, 0.25) is 5.91 Å². The number of nitro groups is 1. The van der Waals surface area contributed by atoms with Gasteiger partial charge < -0.3 is 16.0 Å². The van der Waals surface area contributed by atoms with Crippen LogP contribution in [-0.4, -0.2) is 40.8 Å².